The van der Waals surface area contributed by atoms with Gasteiger partial charge in [-0.05, 0) is 12.1 Å². The minimum absolute atomic E-state index is 0.0651. The highest BCUT2D eigenvalue weighted by atomic mass is 35.5. The van der Waals surface area contributed by atoms with Gasteiger partial charge < -0.3 is 5.11 Å². The summed E-state index contributed by atoms with van der Waals surface area (Å²) in [6.07, 6.45) is -0.168. The topological polar surface area (TPSA) is 50.2 Å². The lowest BCUT2D eigenvalue weighted by Gasteiger charge is -2.02. The van der Waals surface area contributed by atoms with Crippen LogP contribution in [0, 0.1) is 5.82 Å². The molecule has 1 aromatic heterocycles. The van der Waals surface area contributed by atoms with Gasteiger partial charge in [0.1, 0.15) is 10.8 Å². The summed E-state index contributed by atoms with van der Waals surface area (Å²) < 4.78 is 13.4. The van der Waals surface area contributed by atoms with E-state index in [1.165, 1.54) is 23.5 Å². The summed E-state index contributed by atoms with van der Waals surface area (Å²) in [6.45, 7) is 0. The number of hydrogen-bond donors (Lipinski definition) is 1. The quantitative estimate of drug-likeness (QED) is 0.875. The summed E-state index contributed by atoms with van der Waals surface area (Å²) in [5.74, 6) is -1.56. The molecule has 0 saturated carbocycles. The summed E-state index contributed by atoms with van der Waals surface area (Å²) in [5, 5.41) is 10.9. The van der Waals surface area contributed by atoms with Crippen molar-refractivity contribution in [2.45, 2.75) is 6.42 Å². The molecule has 0 fully saturated rings. The Hall–Kier alpha value is -1.17. The van der Waals surface area contributed by atoms with E-state index in [4.69, 9.17) is 28.3 Å². The number of halogens is 3. The van der Waals surface area contributed by atoms with E-state index >= 15 is 0 Å². The number of thiazole rings is 1. The first kappa shape index (κ1) is 13.3. The molecule has 1 aromatic carbocycles. The van der Waals surface area contributed by atoms with Crippen molar-refractivity contribution in [2.24, 2.45) is 0 Å². The van der Waals surface area contributed by atoms with Crippen molar-refractivity contribution in [3.63, 3.8) is 0 Å². The molecular weight excluding hydrogens is 300 g/mol. The number of carboxylic acid groups (broad SMARTS) is 1. The van der Waals surface area contributed by atoms with Crippen molar-refractivity contribution in [3.05, 3.63) is 38.4 Å². The maximum Gasteiger partial charge on any atom is 0.310 e. The Labute approximate surface area is 116 Å². The Morgan fingerprint density at radius 2 is 2.11 bits per heavy atom. The first-order valence-corrected chi connectivity index (χ1v) is 6.42. The van der Waals surface area contributed by atoms with Crippen LogP contribution in [0.3, 0.4) is 0 Å². The van der Waals surface area contributed by atoms with Gasteiger partial charge in [-0.1, -0.05) is 23.2 Å². The molecular formula is C11H6Cl2FNO2S. The van der Waals surface area contributed by atoms with Crippen LogP contribution in [0.2, 0.25) is 10.0 Å². The van der Waals surface area contributed by atoms with Crippen LogP contribution in [0.15, 0.2) is 17.5 Å². The second kappa shape index (κ2) is 5.22. The van der Waals surface area contributed by atoms with Gasteiger partial charge in [0.15, 0.2) is 0 Å². The molecule has 2 rings (SSSR count). The van der Waals surface area contributed by atoms with Crippen molar-refractivity contribution < 1.29 is 14.3 Å². The lowest BCUT2D eigenvalue weighted by Crippen LogP contribution is -1.99. The van der Waals surface area contributed by atoms with Gasteiger partial charge in [0.25, 0.3) is 0 Å². The number of rotatable bonds is 3. The van der Waals surface area contributed by atoms with Crippen LogP contribution >= 0.6 is 34.5 Å². The number of aliphatic carboxylic acids is 1. The summed E-state index contributed by atoms with van der Waals surface area (Å²) >= 11 is 12.7. The van der Waals surface area contributed by atoms with Crippen LogP contribution in [0.1, 0.15) is 5.01 Å². The average Bonchev–Trinajstić information content (AvgIpc) is 2.70. The predicted molar refractivity (Wildman–Crippen MR) is 68.9 cm³/mol. The van der Waals surface area contributed by atoms with Crippen LogP contribution in [-0.4, -0.2) is 16.1 Å². The molecule has 2 aromatic rings. The highest BCUT2D eigenvalue weighted by Gasteiger charge is 2.13. The van der Waals surface area contributed by atoms with Crippen molar-refractivity contribution in [1.82, 2.24) is 4.98 Å². The molecule has 0 aliphatic carbocycles. The SMILES string of the molecule is O=C(O)Cc1nc(-c2cc(F)c(Cl)cc2Cl)cs1. The zero-order valence-electron chi connectivity index (χ0n) is 8.78. The Morgan fingerprint density at radius 3 is 2.78 bits per heavy atom. The van der Waals surface area contributed by atoms with Crippen LogP contribution in [0.5, 0.6) is 0 Å². The fraction of sp³-hybridized carbons (Fsp3) is 0.0909. The first-order chi connectivity index (χ1) is 8.47. The molecule has 0 radical (unpaired) electrons. The Balaban J connectivity index is 2.40. The molecule has 0 atom stereocenters. The first-order valence-electron chi connectivity index (χ1n) is 4.78. The van der Waals surface area contributed by atoms with E-state index in [9.17, 15) is 9.18 Å². The van der Waals surface area contributed by atoms with E-state index in [1.807, 2.05) is 0 Å². The molecule has 0 unspecified atom stereocenters. The molecule has 18 heavy (non-hydrogen) atoms. The highest BCUT2D eigenvalue weighted by Crippen LogP contribution is 2.32. The second-order valence-corrected chi connectivity index (χ2v) is 5.20. The highest BCUT2D eigenvalue weighted by molar-refractivity contribution is 7.10. The predicted octanol–water partition coefficient (Wildman–Crippen LogP) is 3.88. The van der Waals surface area contributed by atoms with E-state index in [0.717, 1.165) is 0 Å². The van der Waals surface area contributed by atoms with E-state index < -0.39 is 11.8 Å². The minimum Gasteiger partial charge on any atom is -0.481 e. The Kier molecular flexibility index (Phi) is 3.85. The van der Waals surface area contributed by atoms with E-state index in [0.29, 0.717) is 16.3 Å². The number of benzene rings is 1. The average molecular weight is 306 g/mol. The number of nitrogens with zero attached hydrogens (tertiary/aromatic N) is 1. The summed E-state index contributed by atoms with van der Waals surface area (Å²) in [7, 11) is 0. The van der Waals surface area contributed by atoms with Crippen LogP contribution in [0.25, 0.3) is 11.3 Å². The molecule has 3 nitrogen and oxygen atoms in total. The molecule has 1 heterocycles. The zero-order valence-corrected chi connectivity index (χ0v) is 11.1. The number of hydrogen-bond acceptors (Lipinski definition) is 3. The fourth-order valence-electron chi connectivity index (χ4n) is 1.36. The monoisotopic (exact) mass is 305 g/mol. The molecule has 1 N–H and O–H groups in total. The summed E-state index contributed by atoms with van der Waals surface area (Å²) in [6, 6.07) is 2.48. The van der Waals surface area contributed by atoms with Crippen LogP contribution in [-0.2, 0) is 11.2 Å². The molecule has 0 aliphatic heterocycles. The normalized spacial score (nSPS) is 10.6. The second-order valence-electron chi connectivity index (χ2n) is 3.44. The Morgan fingerprint density at radius 1 is 1.39 bits per heavy atom. The molecule has 0 aliphatic rings. The number of carbonyl (C=O) groups is 1. The lowest BCUT2D eigenvalue weighted by molar-refractivity contribution is -0.136. The fourth-order valence-corrected chi connectivity index (χ4v) is 2.63. The molecule has 0 bridgehead atoms. The van der Waals surface area contributed by atoms with Crippen molar-refractivity contribution in [2.75, 3.05) is 0 Å². The van der Waals surface area contributed by atoms with Gasteiger partial charge >= 0.3 is 5.97 Å². The summed E-state index contributed by atoms with van der Waals surface area (Å²) in [5.41, 5.74) is 0.836. The minimum atomic E-state index is -0.968. The molecule has 0 spiro atoms. The van der Waals surface area contributed by atoms with Gasteiger partial charge in [-0.25, -0.2) is 9.37 Å². The summed E-state index contributed by atoms with van der Waals surface area (Å²) in [4.78, 5) is 14.6. The third kappa shape index (κ3) is 2.80. The van der Waals surface area contributed by atoms with Gasteiger partial charge in [-0.3, -0.25) is 4.79 Å². The number of carboxylic acids is 1. The van der Waals surface area contributed by atoms with Gasteiger partial charge in [-0.2, -0.15) is 0 Å². The van der Waals surface area contributed by atoms with Crippen LogP contribution < -0.4 is 0 Å². The van der Waals surface area contributed by atoms with E-state index in [-0.39, 0.29) is 16.5 Å². The molecule has 7 heteroatoms. The zero-order chi connectivity index (χ0) is 13.3. The lowest BCUT2D eigenvalue weighted by atomic mass is 10.1. The van der Waals surface area contributed by atoms with Gasteiger partial charge in [0, 0.05) is 10.9 Å². The van der Waals surface area contributed by atoms with Crippen LogP contribution in [0.4, 0.5) is 4.39 Å². The third-order valence-corrected chi connectivity index (χ3v) is 3.59. The standard InChI is InChI=1S/C11H6Cl2FNO2S/c12-6-2-7(13)8(14)1-5(6)9-4-18-10(15-9)3-11(16)17/h1-2,4H,3H2,(H,16,17). The van der Waals surface area contributed by atoms with Crippen molar-refractivity contribution in [1.29, 1.82) is 0 Å². The maximum absolute atomic E-state index is 13.4. The van der Waals surface area contributed by atoms with Crippen molar-refractivity contribution in [3.8, 4) is 11.3 Å². The number of aromatic nitrogens is 1. The van der Waals surface area contributed by atoms with Gasteiger partial charge in [0.05, 0.1) is 22.2 Å². The van der Waals surface area contributed by atoms with E-state index in [2.05, 4.69) is 4.98 Å². The molecule has 0 amide bonds. The van der Waals surface area contributed by atoms with Gasteiger partial charge in [-0.15, -0.1) is 11.3 Å². The van der Waals surface area contributed by atoms with Gasteiger partial charge in [0.2, 0.25) is 0 Å². The largest absolute Gasteiger partial charge is 0.481 e. The maximum atomic E-state index is 13.4. The smallest absolute Gasteiger partial charge is 0.310 e. The van der Waals surface area contributed by atoms with E-state index in [1.54, 1.807) is 5.38 Å². The molecule has 94 valence electrons. The third-order valence-electron chi connectivity index (χ3n) is 2.14. The van der Waals surface area contributed by atoms with Crippen molar-refractivity contribution >= 4 is 40.5 Å². The Bertz CT molecular complexity index is 615. The molecule has 0 saturated heterocycles.